The Morgan fingerprint density at radius 3 is 2.46 bits per heavy atom. The van der Waals surface area contributed by atoms with E-state index in [9.17, 15) is 4.79 Å². The summed E-state index contributed by atoms with van der Waals surface area (Å²) in [7, 11) is 0. The maximum absolute atomic E-state index is 12.5. The third-order valence-electron chi connectivity index (χ3n) is 5.94. The number of rotatable bonds is 6. The van der Waals surface area contributed by atoms with Crippen molar-refractivity contribution < 1.29 is 4.79 Å². The van der Waals surface area contributed by atoms with Crippen LogP contribution in [0.3, 0.4) is 0 Å². The largest absolute Gasteiger partial charge is 0.326 e. The zero-order valence-corrected chi connectivity index (χ0v) is 17.2. The number of carbonyl (C=O) groups is 1. The Hall–Kier alpha value is -1.88. The molecule has 148 valence electrons. The van der Waals surface area contributed by atoms with E-state index in [-0.39, 0.29) is 11.8 Å². The van der Waals surface area contributed by atoms with E-state index in [4.69, 9.17) is 11.6 Å². The number of amides is 1. The first-order chi connectivity index (χ1) is 13.6. The smallest absolute Gasteiger partial charge is 0.228 e. The van der Waals surface area contributed by atoms with Gasteiger partial charge in [-0.05, 0) is 54.3 Å². The van der Waals surface area contributed by atoms with E-state index in [2.05, 4.69) is 40.2 Å². The molecule has 0 aromatic heterocycles. The average Bonchev–Trinajstić information content (AvgIpc) is 3.51. The first kappa shape index (κ1) is 19.4. The number of hydrogen-bond donors (Lipinski definition) is 1. The van der Waals surface area contributed by atoms with E-state index >= 15 is 0 Å². The van der Waals surface area contributed by atoms with E-state index in [1.165, 1.54) is 5.56 Å². The summed E-state index contributed by atoms with van der Waals surface area (Å²) >= 11 is 6.07. The average molecular weight is 398 g/mol. The lowest BCUT2D eigenvalue weighted by Gasteiger charge is -2.34. The van der Waals surface area contributed by atoms with Crippen LogP contribution < -0.4 is 5.32 Å². The van der Waals surface area contributed by atoms with Crippen molar-refractivity contribution in [3.63, 3.8) is 0 Å². The summed E-state index contributed by atoms with van der Waals surface area (Å²) in [5.74, 6) is 0.446. The predicted octanol–water partition coefficient (Wildman–Crippen LogP) is 4.22. The van der Waals surface area contributed by atoms with E-state index in [0.717, 1.165) is 62.0 Å². The minimum Gasteiger partial charge on any atom is -0.326 e. The molecule has 2 aromatic carbocycles. The Morgan fingerprint density at radius 2 is 1.79 bits per heavy atom. The molecule has 1 saturated carbocycles. The van der Waals surface area contributed by atoms with E-state index in [1.54, 1.807) is 0 Å². The van der Waals surface area contributed by atoms with Gasteiger partial charge in [-0.2, -0.15) is 0 Å². The molecule has 1 heterocycles. The van der Waals surface area contributed by atoms with Gasteiger partial charge in [-0.3, -0.25) is 9.69 Å². The van der Waals surface area contributed by atoms with Crippen molar-refractivity contribution in [2.24, 2.45) is 5.92 Å². The number of piperazine rings is 1. The Morgan fingerprint density at radius 1 is 1.07 bits per heavy atom. The number of carbonyl (C=O) groups excluding carboxylic acids is 1. The molecule has 2 aliphatic rings. The fourth-order valence-electron chi connectivity index (χ4n) is 4.04. The molecule has 1 aliphatic carbocycles. The summed E-state index contributed by atoms with van der Waals surface area (Å²) < 4.78 is 0. The highest BCUT2D eigenvalue weighted by Crippen LogP contribution is 2.48. The van der Waals surface area contributed by atoms with Gasteiger partial charge in [-0.25, -0.2) is 0 Å². The molecular formula is C23H28ClN3O. The number of halogens is 1. The highest BCUT2D eigenvalue weighted by atomic mass is 35.5. The number of nitrogens with zero attached hydrogens (tertiary/aromatic N) is 2. The van der Waals surface area contributed by atoms with Crippen LogP contribution in [0.5, 0.6) is 0 Å². The van der Waals surface area contributed by atoms with Gasteiger partial charge in [0, 0.05) is 49.4 Å². The summed E-state index contributed by atoms with van der Waals surface area (Å²) in [4.78, 5) is 17.5. The zero-order chi connectivity index (χ0) is 19.5. The fraction of sp³-hybridized carbons (Fsp3) is 0.435. The zero-order valence-electron chi connectivity index (χ0n) is 16.4. The molecule has 0 radical (unpaired) electrons. The minimum absolute atomic E-state index is 0.0491. The van der Waals surface area contributed by atoms with Gasteiger partial charge in [0.15, 0.2) is 0 Å². The Balaban J connectivity index is 1.27. The molecule has 1 saturated heterocycles. The second-order valence-corrected chi connectivity index (χ2v) is 8.34. The summed E-state index contributed by atoms with van der Waals surface area (Å²) in [6, 6.07) is 16.1. The maximum atomic E-state index is 12.5. The number of anilines is 1. The van der Waals surface area contributed by atoms with Gasteiger partial charge >= 0.3 is 0 Å². The van der Waals surface area contributed by atoms with Crippen molar-refractivity contribution in [3.8, 4) is 0 Å². The summed E-state index contributed by atoms with van der Waals surface area (Å²) in [6.45, 7) is 8.89. The Bertz CT molecular complexity index is 815. The van der Waals surface area contributed by atoms with E-state index in [1.807, 2.05) is 30.3 Å². The third-order valence-corrected chi connectivity index (χ3v) is 6.18. The predicted molar refractivity (Wildman–Crippen MR) is 115 cm³/mol. The third kappa shape index (κ3) is 4.75. The lowest BCUT2D eigenvalue weighted by atomic mass is 10.1. The SMILES string of the molecule is CCN1CCN(Cc2ccc(NC(=O)C3CC3c3cccc(Cl)c3)cc2)CC1. The van der Waals surface area contributed by atoms with Gasteiger partial charge in [0.25, 0.3) is 0 Å². The summed E-state index contributed by atoms with van der Waals surface area (Å²) in [5, 5.41) is 3.80. The van der Waals surface area contributed by atoms with Crippen molar-refractivity contribution in [3.05, 3.63) is 64.7 Å². The molecular weight excluding hydrogens is 370 g/mol. The molecule has 1 N–H and O–H groups in total. The Kier molecular flexibility index (Phi) is 6.00. The van der Waals surface area contributed by atoms with Crippen LogP contribution in [-0.2, 0) is 11.3 Å². The molecule has 1 aliphatic heterocycles. The van der Waals surface area contributed by atoms with Crippen molar-refractivity contribution in [2.45, 2.75) is 25.8 Å². The molecule has 2 fully saturated rings. The molecule has 0 spiro atoms. The van der Waals surface area contributed by atoms with Gasteiger partial charge in [0.2, 0.25) is 5.91 Å². The molecule has 28 heavy (non-hydrogen) atoms. The topological polar surface area (TPSA) is 35.6 Å². The quantitative estimate of drug-likeness (QED) is 0.792. The number of likely N-dealkylation sites (N-methyl/N-ethyl adjacent to an activating group) is 1. The molecule has 4 nitrogen and oxygen atoms in total. The van der Waals surface area contributed by atoms with Crippen molar-refractivity contribution in [2.75, 3.05) is 38.0 Å². The highest BCUT2D eigenvalue weighted by Gasteiger charge is 2.43. The van der Waals surface area contributed by atoms with Gasteiger partial charge in [0.05, 0.1) is 0 Å². The van der Waals surface area contributed by atoms with Crippen LogP contribution in [-0.4, -0.2) is 48.4 Å². The number of benzene rings is 2. The van der Waals surface area contributed by atoms with Crippen LogP contribution in [0.25, 0.3) is 0 Å². The number of hydrogen-bond acceptors (Lipinski definition) is 3. The van der Waals surface area contributed by atoms with Crippen molar-refractivity contribution in [1.82, 2.24) is 9.80 Å². The van der Waals surface area contributed by atoms with E-state index in [0.29, 0.717) is 5.92 Å². The second kappa shape index (κ2) is 8.64. The fourth-order valence-corrected chi connectivity index (χ4v) is 4.24. The minimum atomic E-state index is 0.0491. The van der Waals surface area contributed by atoms with Gasteiger partial charge in [-0.1, -0.05) is 42.8 Å². The molecule has 0 bridgehead atoms. The summed E-state index contributed by atoms with van der Waals surface area (Å²) in [6.07, 6.45) is 0.897. The van der Waals surface area contributed by atoms with Gasteiger partial charge in [0.1, 0.15) is 0 Å². The van der Waals surface area contributed by atoms with Crippen molar-refractivity contribution in [1.29, 1.82) is 0 Å². The molecule has 5 heteroatoms. The first-order valence-corrected chi connectivity index (χ1v) is 10.6. The first-order valence-electron chi connectivity index (χ1n) is 10.2. The van der Waals surface area contributed by atoms with Gasteiger partial charge < -0.3 is 10.2 Å². The van der Waals surface area contributed by atoms with Crippen LogP contribution in [0, 0.1) is 5.92 Å². The standard InChI is InChI=1S/C23H28ClN3O/c1-2-26-10-12-27(13-11-26)16-17-6-8-20(9-7-17)25-23(28)22-15-21(22)18-4-3-5-19(24)14-18/h3-9,14,21-22H,2,10-13,15-16H2,1H3,(H,25,28). The molecule has 2 unspecified atom stereocenters. The van der Waals surface area contributed by atoms with Crippen LogP contribution in [0.15, 0.2) is 48.5 Å². The van der Waals surface area contributed by atoms with E-state index < -0.39 is 0 Å². The van der Waals surface area contributed by atoms with Crippen LogP contribution >= 0.6 is 11.6 Å². The molecule has 1 amide bonds. The van der Waals surface area contributed by atoms with Crippen LogP contribution in [0.4, 0.5) is 5.69 Å². The van der Waals surface area contributed by atoms with Crippen molar-refractivity contribution >= 4 is 23.2 Å². The molecule has 2 atom stereocenters. The Labute approximate surface area is 172 Å². The lowest BCUT2D eigenvalue weighted by Crippen LogP contribution is -2.45. The van der Waals surface area contributed by atoms with Crippen LogP contribution in [0.1, 0.15) is 30.4 Å². The normalized spacial score (nSPS) is 22.8. The summed E-state index contributed by atoms with van der Waals surface area (Å²) in [5.41, 5.74) is 3.33. The van der Waals surface area contributed by atoms with Gasteiger partial charge in [-0.15, -0.1) is 0 Å². The molecule has 4 rings (SSSR count). The monoisotopic (exact) mass is 397 g/mol. The highest BCUT2D eigenvalue weighted by molar-refractivity contribution is 6.30. The number of nitrogens with one attached hydrogen (secondary N) is 1. The van der Waals surface area contributed by atoms with Crippen LogP contribution in [0.2, 0.25) is 5.02 Å². The second-order valence-electron chi connectivity index (χ2n) is 7.90. The lowest BCUT2D eigenvalue weighted by molar-refractivity contribution is -0.117. The molecule has 2 aromatic rings. The maximum Gasteiger partial charge on any atom is 0.228 e.